The zero-order chi connectivity index (χ0) is 14.3. The first-order valence-electron chi connectivity index (χ1n) is 5.84. The molecule has 0 spiro atoms. The van der Waals surface area contributed by atoms with Crippen molar-refractivity contribution in [3.05, 3.63) is 69.8 Å². The van der Waals surface area contributed by atoms with E-state index in [-0.39, 0.29) is 50.9 Å². The van der Waals surface area contributed by atoms with Crippen LogP contribution in [0.2, 0.25) is 0 Å². The first kappa shape index (κ1) is 14.7. The van der Waals surface area contributed by atoms with Crippen LogP contribution in [0.1, 0.15) is 43.0 Å². The Morgan fingerprint density at radius 2 is 1.10 bits per heavy atom. The van der Waals surface area contributed by atoms with Gasteiger partial charge >= 0.3 is 0 Å². The molecule has 0 aliphatic heterocycles. The summed E-state index contributed by atoms with van der Waals surface area (Å²) in [6.45, 7) is 0. The first-order chi connectivity index (χ1) is 9.67. The summed E-state index contributed by atoms with van der Waals surface area (Å²) < 4.78 is 0. The maximum Gasteiger partial charge on any atom is 0.194 e. The Labute approximate surface area is 131 Å². The molecule has 2 aromatic carbocycles. The first-order valence-corrected chi connectivity index (χ1v) is 5.84. The van der Waals surface area contributed by atoms with Gasteiger partial charge < -0.3 is 0 Å². The maximum atomic E-state index is 12.4. The Kier molecular flexibility index (Phi) is 3.74. The van der Waals surface area contributed by atoms with Crippen LogP contribution in [0.25, 0.3) is 0 Å². The summed E-state index contributed by atoms with van der Waals surface area (Å²) in [5.41, 5.74) is 1.24. The number of fused-ring (bicyclic) bond motifs is 2. The fraction of sp³-hybridized carbons (Fsp3) is 0. The average molecular weight is 322 g/mol. The van der Waals surface area contributed by atoms with Gasteiger partial charge in [-0.15, -0.1) is 0 Å². The molecule has 2 aromatic rings. The van der Waals surface area contributed by atoms with Gasteiger partial charge in [-0.1, -0.05) is 24.3 Å². The molecule has 0 aromatic heterocycles. The molecule has 0 N–H and O–H groups in total. The van der Waals surface area contributed by atoms with Crippen LogP contribution in [0.15, 0.2) is 36.4 Å². The zero-order valence-electron chi connectivity index (χ0n) is 10.5. The molecule has 0 amide bonds. The van der Waals surface area contributed by atoms with Crippen molar-refractivity contribution in [3.8, 4) is 12.1 Å². The van der Waals surface area contributed by atoms with Crippen LogP contribution in [-0.2, 0) is 17.1 Å². The van der Waals surface area contributed by atoms with Crippen molar-refractivity contribution in [2.45, 2.75) is 0 Å². The van der Waals surface area contributed by atoms with Gasteiger partial charge in [0.1, 0.15) is 12.1 Å². The third kappa shape index (κ3) is 2.06. The zero-order valence-corrected chi connectivity index (χ0v) is 11.4. The molecule has 0 saturated carbocycles. The van der Waals surface area contributed by atoms with Crippen LogP contribution in [0.3, 0.4) is 0 Å². The van der Waals surface area contributed by atoms with Gasteiger partial charge in [0.05, 0.1) is 11.1 Å². The van der Waals surface area contributed by atoms with Crippen molar-refractivity contribution in [2.24, 2.45) is 0 Å². The SMILES string of the molecule is N#Cc1cc2c(cc1C#N)C(=O)c1ccccc1C2=O.[Cu]. The van der Waals surface area contributed by atoms with Crippen molar-refractivity contribution < 1.29 is 26.7 Å². The third-order valence-corrected chi connectivity index (χ3v) is 3.30. The molecule has 0 fully saturated rings. The second-order valence-electron chi connectivity index (χ2n) is 4.37. The fourth-order valence-corrected chi connectivity index (χ4v) is 2.33. The number of nitrogens with zero attached hydrogens (tertiary/aromatic N) is 2. The van der Waals surface area contributed by atoms with E-state index in [9.17, 15) is 9.59 Å². The minimum atomic E-state index is -0.295. The standard InChI is InChI=1S/C16H6N2O2.Cu/c17-7-9-5-13-14(6-10(9)8-18)16(20)12-4-2-1-3-11(12)15(13)19;/h1-6H;. The van der Waals surface area contributed by atoms with E-state index < -0.39 is 0 Å². The molecular weight excluding hydrogens is 316 g/mol. The van der Waals surface area contributed by atoms with E-state index in [4.69, 9.17) is 10.5 Å². The van der Waals surface area contributed by atoms with Gasteiger partial charge in [-0.3, -0.25) is 9.59 Å². The van der Waals surface area contributed by atoms with E-state index in [1.807, 2.05) is 12.1 Å². The van der Waals surface area contributed by atoms with E-state index in [0.29, 0.717) is 11.1 Å². The Bertz CT molecular complexity index is 801. The quantitative estimate of drug-likeness (QED) is 0.594. The third-order valence-electron chi connectivity index (χ3n) is 3.30. The van der Waals surface area contributed by atoms with Crippen LogP contribution >= 0.6 is 0 Å². The summed E-state index contributed by atoms with van der Waals surface area (Å²) in [4.78, 5) is 24.8. The molecule has 3 rings (SSSR count). The summed E-state index contributed by atoms with van der Waals surface area (Å²) in [5.74, 6) is -0.590. The monoisotopic (exact) mass is 321 g/mol. The number of carbonyl (C=O) groups is 2. The molecule has 21 heavy (non-hydrogen) atoms. The molecular formula is C16H6CuN2O2. The van der Waals surface area contributed by atoms with Crippen molar-refractivity contribution in [1.82, 2.24) is 0 Å². The molecule has 103 valence electrons. The molecule has 4 nitrogen and oxygen atoms in total. The largest absolute Gasteiger partial charge is 0.289 e. The van der Waals surface area contributed by atoms with Gasteiger partial charge in [0.15, 0.2) is 11.6 Å². The van der Waals surface area contributed by atoms with Crippen molar-refractivity contribution in [3.63, 3.8) is 0 Å². The summed E-state index contributed by atoms with van der Waals surface area (Å²) in [6.07, 6.45) is 0. The normalized spacial score (nSPS) is 11.5. The van der Waals surface area contributed by atoms with E-state index in [1.54, 1.807) is 24.3 Å². The number of carbonyl (C=O) groups excluding carboxylic acids is 2. The van der Waals surface area contributed by atoms with Gasteiger partial charge in [0.25, 0.3) is 0 Å². The Morgan fingerprint density at radius 1 is 0.714 bits per heavy atom. The molecule has 0 saturated heterocycles. The topological polar surface area (TPSA) is 81.7 Å². The Balaban J connectivity index is 0.00000161. The predicted octanol–water partition coefficient (Wildman–Crippen LogP) is 2.20. The molecule has 1 aliphatic rings. The second-order valence-corrected chi connectivity index (χ2v) is 4.37. The predicted molar refractivity (Wildman–Crippen MR) is 69.2 cm³/mol. The van der Waals surface area contributed by atoms with Crippen molar-refractivity contribution >= 4 is 11.6 Å². The van der Waals surface area contributed by atoms with E-state index >= 15 is 0 Å². The number of ketones is 2. The molecule has 5 heteroatoms. The summed E-state index contributed by atoms with van der Waals surface area (Å²) in [5, 5.41) is 18.0. The van der Waals surface area contributed by atoms with Gasteiger partial charge in [0, 0.05) is 39.3 Å². The van der Waals surface area contributed by atoms with Crippen LogP contribution in [-0.4, -0.2) is 11.6 Å². The molecule has 0 unspecified atom stereocenters. The second kappa shape index (κ2) is 5.34. The molecule has 1 aliphatic carbocycles. The van der Waals surface area contributed by atoms with Gasteiger partial charge in [-0.25, -0.2) is 0 Å². The maximum absolute atomic E-state index is 12.4. The molecule has 0 atom stereocenters. The van der Waals surface area contributed by atoms with Crippen LogP contribution < -0.4 is 0 Å². The fourth-order valence-electron chi connectivity index (χ4n) is 2.33. The van der Waals surface area contributed by atoms with Crippen molar-refractivity contribution in [2.75, 3.05) is 0 Å². The van der Waals surface area contributed by atoms with Gasteiger partial charge in [0.2, 0.25) is 0 Å². The number of benzene rings is 2. The van der Waals surface area contributed by atoms with Crippen LogP contribution in [0, 0.1) is 22.7 Å². The van der Waals surface area contributed by atoms with Gasteiger partial charge in [-0.2, -0.15) is 10.5 Å². The van der Waals surface area contributed by atoms with Crippen LogP contribution in [0.4, 0.5) is 0 Å². The summed E-state index contributed by atoms with van der Waals surface area (Å²) in [6, 6.07) is 12.9. The van der Waals surface area contributed by atoms with E-state index in [1.165, 1.54) is 12.1 Å². The molecule has 0 heterocycles. The van der Waals surface area contributed by atoms with Gasteiger partial charge in [-0.05, 0) is 12.1 Å². The van der Waals surface area contributed by atoms with E-state index in [0.717, 1.165) is 0 Å². The summed E-state index contributed by atoms with van der Waals surface area (Å²) >= 11 is 0. The minimum absolute atomic E-state index is 0. The Hall–Kier alpha value is -2.72. The summed E-state index contributed by atoms with van der Waals surface area (Å²) in [7, 11) is 0. The van der Waals surface area contributed by atoms with Crippen LogP contribution in [0.5, 0.6) is 0 Å². The molecule has 0 bridgehead atoms. The Morgan fingerprint density at radius 3 is 1.43 bits per heavy atom. The number of hydrogen-bond donors (Lipinski definition) is 0. The van der Waals surface area contributed by atoms with Crippen molar-refractivity contribution in [1.29, 1.82) is 10.5 Å². The minimum Gasteiger partial charge on any atom is -0.289 e. The number of rotatable bonds is 0. The molecule has 1 radical (unpaired) electrons. The smallest absolute Gasteiger partial charge is 0.194 e. The van der Waals surface area contributed by atoms with E-state index in [2.05, 4.69) is 0 Å². The average Bonchev–Trinajstić information content (AvgIpc) is 2.51. The number of nitriles is 2. The number of hydrogen-bond acceptors (Lipinski definition) is 4.